The minimum Gasteiger partial charge on any atom is -0.267 e. The summed E-state index contributed by atoms with van der Waals surface area (Å²) in [6.07, 6.45) is 4.49. The highest BCUT2D eigenvalue weighted by Crippen LogP contribution is 2.31. The summed E-state index contributed by atoms with van der Waals surface area (Å²) in [7, 11) is 0. The number of hydrogen-bond donors (Lipinski definition) is 1. The van der Waals surface area contributed by atoms with Crippen molar-refractivity contribution in [1.82, 2.24) is 15.4 Å². The molecule has 0 aliphatic carbocycles. The van der Waals surface area contributed by atoms with Gasteiger partial charge in [-0.15, -0.1) is 0 Å². The van der Waals surface area contributed by atoms with Crippen molar-refractivity contribution in [3.8, 4) is 0 Å². The molecule has 1 aromatic heterocycles. The maximum Gasteiger partial charge on any atom is 0.285 e. The summed E-state index contributed by atoms with van der Waals surface area (Å²) in [5.74, 6) is -0.957. The fourth-order valence-electron chi connectivity index (χ4n) is 2.08. The van der Waals surface area contributed by atoms with E-state index in [0.29, 0.717) is 16.0 Å². The molecule has 0 bridgehead atoms. The number of benzene rings is 1. The number of thioether (sulfide) groups is 1. The average Bonchev–Trinajstić information content (AvgIpc) is 2.90. The molecule has 2 amide bonds. The fourth-order valence-corrected chi connectivity index (χ4v) is 3.26. The van der Waals surface area contributed by atoms with Gasteiger partial charge in [0, 0.05) is 30.1 Å². The molecule has 0 saturated carbocycles. The number of carbonyl (C=O) groups is 2. The fraction of sp³-hybridized carbons (Fsp3) is 0. The van der Waals surface area contributed by atoms with Gasteiger partial charge in [0.05, 0.1) is 9.83 Å². The number of amides is 2. The molecular formula is C16H10N4O4S2. The Bertz CT molecular complexity index is 929. The third-order valence-electron chi connectivity index (χ3n) is 3.35. The van der Waals surface area contributed by atoms with Crippen molar-refractivity contribution in [3.63, 3.8) is 0 Å². The van der Waals surface area contributed by atoms with Gasteiger partial charge in [-0.25, -0.2) is 0 Å². The number of non-ortho nitro benzene ring substituents is 1. The van der Waals surface area contributed by atoms with Crippen LogP contribution < -0.4 is 5.43 Å². The molecule has 130 valence electrons. The number of nitro groups is 1. The van der Waals surface area contributed by atoms with Crippen LogP contribution in [0.1, 0.15) is 15.9 Å². The first-order chi connectivity index (χ1) is 12.5. The van der Waals surface area contributed by atoms with Gasteiger partial charge in [0.2, 0.25) is 0 Å². The van der Waals surface area contributed by atoms with Gasteiger partial charge in [-0.3, -0.25) is 30.1 Å². The summed E-state index contributed by atoms with van der Waals surface area (Å²) in [4.78, 5) is 39.0. The van der Waals surface area contributed by atoms with Gasteiger partial charge in [-0.2, -0.15) is 5.01 Å². The zero-order valence-electron chi connectivity index (χ0n) is 13.0. The van der Waals surface area contributed by atoms with E-state index < -0.39 is 16.7 Å². The van der Waals surface area contributed by atoms with Crippen molar-refractivity contribution < 1.29 is 14.5 Å². The molecule has 1 fully saturated rings. The Morgan fingerprint density at radius 1 is 1.23 bits per heavy atom. The summed E-state index contributed by atoms with van der Waals surface area (Å²) in [6.45, 7) is 0. The first-order valence-electron chi connectivity index (χ1n) is 7.19. The van der Waals surface area contributed by atoms with Crippen LogP contribution in [0.4, 0.5) is 5.69 Å². The standard InChI is InChI=1S/C16H10N4O4S2/c21-14(11-5-7-17-8-6-11)18-19-15(22)13(26-16(19)25)9-10-1-3-12(4-2-10)20(23)24/h1-9H,(H,18,21). The lowest BCUT2D eigenvalue weighted by molar-refractivity contribution is -0.384. The van der Waals surface area contributed by atoms with Crippen LogP contribution in [0.25, 0.3) is 6.08 Å². The van der Waals surface area contributed by atoms with E-state index in [2.05, 4.69) is 10.4 Å². The number of hydrazine groups is 1. The predicted octanol–water partition coefficient (Wildman–Crippen LogP) is 2.54. The highest BCUT2D eigenvalue weighted by Gasteiger charge is 2.33. The van der Waals surface area contributed by atoms with Crippen LogP contribution in [-0.4, -0.2) is 31.1 Å². The molecule has 8 nitrogen and oxygen atoms in total. The van der Waals surface area contributed by atoms with Crippen molar-refractivity contribution in [3.05, 3.63) is 74.9 Å². The molecule has 0 spiro atoms. The van der Waals surface area contributed by atoms with Gasteiger partial charge in [0.15, 0.2) is 4.32 Å². The van der Waals surface area contributed by atoms with Crippen molar-refractivity contribution in [2.45, 2.75) is 0 Å². The Hall–Kier alpha value is -3.11. The van der Waals surface area contributed by atoms with Gasteiger partial charge in [0.25, 0.3) is 17.5 Å². The van der Waals surface area contributed by atoms with Crippen LogP contribution in [0.2, 0.25) is 0 Å². The molecule has 0 radical (unpaired) electrons. The van der Waals surface area contributed by atoms with E-state index >= 15 is 0 Å². The lowest BCUT2D eigenvalue weighted by atomic mass is 10.2. The minimum atomic E-state index is -0.502. The maximum absolute atomic E-state index is 12.5. The summed E-state index contributed by atoms with van der Waals surface area (Å²) >= 11 is 6.18. The predicted molar refractivity (Wildman–Crippen MR) is 99.8 cm³/mol. The van der Waals surface area contributed by atoms with Gasteiger partial charge in [0.1, 0.15) is 0 Å². The van der Waals surface area contributed by atoms with E-state index in [0.717, 1.165) is 16.8 Å². The number of pyridine rings is 1. The van der Waals surface area contributed by atoms with Gasteiger partial charge < -0.3 is 0 Å². The third kappa shape index (κ3) is 3.76. The van der Waals surface area contributed by atoms with E-state index in [9.17, 15) is 19.7 Å². The molecule has 10 heteroatoms. The number of thiocarbonyl (C=S) groups is 1. The third-order valence-corrected chi connectivity index (χ3v) is 4.65. The average molecular weight is 386 g/mol. The Labute approximate surface area is 157 Å². The Kier molecular flexibility index (Phi) is 5.05. The Balaban J connectivity index is 1.76. The summed E-state index contributed by atoms with van der Waals surface area (Å²) in [6, 6.07) is 8.77. The first-order valence-corrected chi connectivity index (χ1v) is 8.41. The number of carbonyl (C=O) groups excluding carboxylic acids is 2. The molecule has 1 aromatic carbocycles. The van der Waals surface area contributed by atoms with Crippen molar-refractivity contribution in [1.29, 1.82) is 0 Å². The second kappa shape index (κ2) is 7.42. The second-order valence-corrected chi connectivity index (χ2v) is 6.72. The van der Waals surface area contributed by atoms with Crippen LogP contribution in [0.5, 0.6) is 0 Å². The summed E-state index contributed by atoms with van der Waals surface area (Å²) in [5.41, 5.74) is 3.37. The molecule has 3 rings (SSSR count). The normalized spacial score (nSPS) is 15.4. The molecule has 0 unspecified atom stereocenters. The zero-order chi connectivity index (χ0) is 18.7. The number of aromatic nitrogens is 1. The molecule has 1 N–H and O–H groups in total. The highest BCUT2D eigenvalue weighted by atomic mass is 32.2. The van der Waals surface area contributed by atoms with Gasteiger partial charge >= 0.3 is 0 Å². The largest absolute Gasteiger partial charge is 0.285 e. The van der Waals surface area contributed by atoms with Gasteiger partial charge in [-0.05, 0) is 48.1 Å². The van der Waals surface area contributed by atoms with Crippen LogP contribution in [0.15, 0.2) is 53.7 Å². The van der Waals surface area contributed by atoms with Crippen molar-refractivity contribution in [2.24, 2.45) is 0 Å². The van der Waals surface area contributed by atoms with Crippen LogP contribution in [0, 0.1) is 10.1 Å². The quantitative estimate of drug-likeness (QED) is 0.372. The maximum atomic E-state index is 12.5. The Morgan fingerprint density at radius 3 is 2.50 bits per heavy atom. The van der Waals surface area contributed by atoms with E-state index in [4.69, 9.17) is 12.2 Å². The molecule has 1 aliphatic heterocycles. The van der Waals surface area contributed by atoms with Crippen LogP contribution in [-0.2, 0) is 4.79 Å². The number of nitrogens with zero attached hydrogens (tertiary/aromatic N) is 3. The number of rotatable bonds is 4. The van der Waals surface area contributed by atoms with Crippen LogP contribution >= 0.6 is 24.0 Å². The second-order valence-electron chi connectivity index (χ2n) is 5.04. The molecular weight excluding hydrogens is 376 g/mol. The topological polar surface area (TPSA) is 105 Å². The monoisotopic (exact) mass is 386 g/mol. The lowest BCUT2D eigenvalue weighted by Gasteiger charge is -2.15. The molecule has 26 heavy (non-hydrogen) atoms. The molecule has 1 saturated heterocycles. The Morgan fingerprint density at radius 2 is 1.88 bits per heavy atom. The van der Waals surface area contributed by atoms with E-state index in [1.54, 1.807) is 6.08 Å². The highest BCUT2D eigenvalue weighted by molar-refractivity contribution is 8.26. The number of nitrogens with one attached hydrogen (secondary N) is 1. The smallest absolute Gasteiger partial charge is 0.267 e. The molecule has 2 aromatic rings. The van der Waals surface area contributed by atoms with E-state index in [1.165, 1.54) is 48.8 Å². The minimum absolute atomic E-state index is 0.0423. The molecule has 2 heterocycles. The van der Waals surface area contributed by atoms with E-state index in [1.807, 2.05) is 0 Å². The number of nitro benzene ring substituents is 1. The van der Waals surface area contributed by atoms with Crippen LogP contribution in [0.3, 0.4) is 0 Å². The molecule has 1 aliphatic rings. The summed E-state index contributed by atoms with van der Waals surface area (Å²) < 4.78 is 0.186. The summed E-state index contributed by atoms with van der Waals surface area (Å²) in [5, 5.41) is 11.7. The first kappa shape index (κ1) is 17.7. The lowest BCUT2D eigenvalue weighted by Crippen LogP contribution is -2.44. The van der Waals surface area contributed by atoms with E-state index in [-0.39, 0.29) is 10.0 Å². The van der Waals surface area contributed by atoms with Gasteiger partial charge in [-0.1, -0.05) is 11.8 Å². The zero-order valence-corrected chi connectivity index (χ0v) is 14.6. The molecule has 0 atom stereocenters. The van der Waals surface area contributed by atoms with Crippen molar-refractivity contribution in [2.75, 3.05) is 0 Å². The SMILES string of the molecule is O=C(NN1C(=O)C(=Cc2ccc([N+](=O)[O-])cc2)SC1=S)c1ccncc1. The number of hydrogen-bond acceptors (Lipinski definition) is 7. The van der Waals surface area contributed by atoms with Crippen molar-refractivity contribution >= 4 is 51.9 Å².